The van der Waals surface area contributed by atoms with E-state index in [9.17, 15) is 14.9 Å². The molecule has 2 heterocycles. The summed E-state index contributed by atoms with van der Waals surface area (Å²) >= 11 is 0.830. The molecule has 0 aliphatic carbocycles. The number of amides is 1. The minimum absolute atomic E-state index is 0.0948. The second-order valence-electron chi connectivity index (χ2n) is 3.25. The molecule has 0 unspecified atom stereocenters. The first-order valence-electron chi connectivity index (χ1n) is 4.69. The van der Waals surface area contributed by atoms with Gasteiger partial charge >= 0.3 is 5.00 Å². The normalized spacial score (nSPS) is 19.6. The third-order valence-electron chi connectivity index (χ3n) is 2.13. The molecule has 1 N–H and O–H groups in total. The third kappa shape index (κ3) is 2.34. The van der Waals surface area contributed by atoms with Gasteiger partial charge in [-0.15, -0.1) is 0 Å². The largest absolute Gasteiger partial charge is 0.368 e. The van der Waals surface area contributed by atoms with Crippen LogP contribution in [0.5, 0.6) is 0 Å². The summed E-state index contributed by atoms with van der Waals surface area (Å²) in [4.78, 5) is 25.1. The summed E-state index contributed by atoms with van der Waals surface area (Å²) in [5.74, 6) is -0.290. The number of carbonyl (C=O) groups excluding carboxylic acids is 1. The minimum Gasteiger partial charge on any atom is -0.368 e. The van der Waals surface area contributed by atoms with Crippen LogP contribution in [-0.4, -0.2) is 28.5 Å². The zero-order chi connectivity index (χ0) is 11.5. The van der Waals surface area contributed by atoms with Crippen molar-refractivity contribution in [3.63, 3.8) is 0 Å². The van der Waals surface area contributed by atoms with Crippen LogP contribution >= 0.6 is 11.3 Å². The van der Waals surface area contributed by atoms with Gasteiger partial charge in [0.25, 0.3) is 5.91 Å². The quantitative estimate of drug-likeness (QED) is 0.635. The van der Waals surface area contributed by atoms with Gasteiger partial charge in [-0.1, -0.05) is 0 Å². The first kappa shape index (κ1) is 11.0. The van der Waals surface area contributed by atoms with E-state index in [1.165, 1.54) is 0 Å². The zero-order valence-corrected chi connectivity index (χ0v) is 9.03. The summed E-state index contributed by atoms with van der Waals surface area (Å²) < 4.78 is 5.17. The first-order valence-corrected chi connectivity index (χ1v) is 5.51. The van der Waals surface area contributed by atoms with Crippen molar-refractivity contribution < 1.29 is 14.5 Å². The zero-order valence-electron chi connectivity index (χ0n) is 8.21. The van der Waals surface area contributed by atoms with Crippen molar-refractivity contribution in [2.45, 2.75) is 18.9 Å². The molecule has 8 heteroatoms. The Hall–Kier alpha value is -1.54. The fourth-order valence-corrected chi connectivity index (χ4v) is 2.01. The molecule has 1 atom stereocenters. The second-order valence-corrected chi connectivity index (χ2v) is 4.26. The number of nitrogens with one attached hydrogen (secondary N) is 1. The molecule has 1 aromatic heterocycles. The van der Waals surface area contributed by atoms with Crippen LogP contribution in [0, 0.1) is 10.1 Å². The van der Waals surface area contributed by atoms with Gasteiger partial charge in [0.15, 0.2) is 5.13 Å². The van der Waals surface area contributed by atoms with E-state index in [1.54, 1.807) is 0 Å². The number of ether oxygens (including phenoxy) is 1. The highest BCUT2D eigenvalue weighted by atomic mass is 32.1. The fraction of sp³-hybridized carbons (Fsp3) is 0.500. The summed E-state index contributed by atoms with van der Waals surface area (Å²) in [6.07, 6.45) is 2.20. The predicted octanol–water partition coefficient (Wildman–Crippen LogP) is 1.17. The summed E-state index contributed by atoms with van der Waals surface area (Å²) in [7, 11) is 0. The van der Waals surface area contributed by atoms with Crippen molar-refractivity contribution in [2.24, 2.45) is 0 Å². The topological polar surface area (TPSA) is 94.4 Å². The van der Waals surface area contributed by atoms with Crippen LogP contribution in [0.25, 0.3) is 0 Å². The van der Waals surface area contributed by atoms with E-state index in [0.29, 0.717) is 13.0 Å². The van der Waals surface area contributed by atoms with Crippen LogP contribution in [0.2, 0.25) is 0 Å². The molecule has 0 bridgehead atoms. The molecule has 2 rings (SSSR count). The maximum absolute atomic E-state index is 11.6. The average Bonchev–Trinajstić information content (AvgIpc) is 2.87. The molecule has 0 spiro atoms. The van der Waals surface area contributed by atoms with Gasteiger partial charge in [0.2, 0.25) is 0 Å². The number of rotatable bonds is 3. The molecular formula is C8H9N3O4S. The lowest BCUT2D eigenvalue weighted by molar-refractivity contribution is -0.380. The number of hydrogen-bond donors (Lipinski definition) is 1. The van der Waals surface area contributed by atoms with Crippen molar-refractivity contribution in [2.75, 3.05) is 11.9 Å². The molecule has 1 saturated heterocycles. The Labute approximate surface area is 94.6 Å². The van der Waals surface area contributed by atoms with E-state index < -0.39 is 11.0 Å². The van der Waals surface area contributed by atoms with Gasteiger partial charge in [0.1, 0.15) is 12.3 Å². The lowest BCUT2D eigenvalue weighted by Crippen LogP contribution is -2.26. The average molecular weight is 243 g/mol. The van der Waals surface area contributed by atoms with Crippen molar-refractivity contribution >= 4 is 27.4 Å². The van der Waals surface area contributed by atoms with Crippen molar-refractivity contribution in [1.82, 2.24) is 4.98 Å². The van der Waals surface area contributed by atoms with Crippen LogP contribution in [0.15, 0.2) is 6.20 Å². The fourth-order valence-electron chi connectivity index (χ4n) is 1.38. The number of hydrogen-bond acceptors (Lipinski definition) is 6. The number of anilines is 1. The summed E-state index contributed by atoms with van der Waals surface area (Å²) in [6, 6.07) is 0. The summed E-state index contributed by atoms with van der Waals surface area (Å²) in [5.41, 5.74) is 0. The van der Waals surface area contributed by atoms with Crippen molar-refractivity contribution in [1.29, 1.82) is 0 Å². The molecule has 1 fully saturated rings. The van der Waals surface area contributed by atoms with E-state index in [4.69, 9.17) is 4.74 Å². The molecule has 7 nitrogen and oxygen atoms in total. The van der Waals surface area contributed by atoms with Crippen LogP contribution in [-0.2, 0) is 9.53 Å². The van der Waals surface area contributed by atoms with Gasteiger partial charge in [0, 0.05) is 6.61 Å². The van der Waals surface area contributed by atoms with Crippen molar-refractivity contribution in [3.05, 3.63) is 16.3 Å². The van der Waals surface area contributed by atoms with Gasteiger partial charge in [-0.3, -0.25) is 20.2 Å². The number of thiazole rings is 1. The SMILES string of the molecule is O=C(Nc1ncc([N+](=O)[O-])s1)[C@H]1CCCO1. The first-order chi connectivity index (χ1) is 7.66. The Kier molecular flexibility index (Phi) is 3.11. The minimum atomic E-state index is -0.542. The smallest absolute Gasteiger partial charge is 0.345 e. The van der Waals surface area contributed by atoms with E-state index in [1.807, 2.05) is 0 Å². The molecule has 16 heavy (non-hydrogen) atoms. The Morgan fingerprint density at radius 3 is 3.12 bits per heavy atom. The third-order valence-corrected chi connectivity index (χ3v) is 2.99. The maximum atomic E-state index is 11.6. The Balaban J connectivity index is 1.97. The van der Waals surface area contributed by atoms with E-state index in [0.717, 1.165) is 24.0 Å². The highest BCUT2D eigenvalue weighted by Gasteiger charge is 2.24. The molecule has 1 aromatic rings. The Morgan fingerprint density at radius 1 is 1.75 bits per heavy atom. The van der Waals surface area contributed by atoms with E-state index in [-0.39, 0.29) is 16.0 Å². The summed E-state index contributed by atoms with van der Waals surface area (Å²) in [5, 5.41) is 13.0. The molecule has 1 aliphatic rings. The molecule has 0 saturated carbocycles. The molecule has 86 valence electrons. The number of aromatic nitrogens is 1. The lowest BCUT2D eigenvalue weighted by atomic mass is 10.2. The van der Waals surface area contributed by atoms with Gasteiger partial charge in [0.05, 0.1) is 4.92 Å². The van der Waals surface area contributed by atoms with Crippen molar-refractivity contribution in [3.8, 4) is 0 Å². The molecule has 0 radical (unpaired) electrons. The lowest BCUT2D eigenvalue weighted by Gasteiger charge is -2.07. The number of carbonyl (C=O) groups is 1. The van der Waals surface area contributed by atoms with E-state index >= 15 is 0 Å². The molecule has 0 aromatic carbocycles. The standard InChI is InChI=1S/C8H9N3O4S/c12-7(5-2-1-3-15-5)10-8-9-4-6(16-8)11(13)14/h4-5H,1-3H2,(H,9,10,12)/t5-/m1/s1. The molecule has 1 amide bonds. The van der Waals surface area contributed by atoms with Gasteiger partial charge in [-0.2, -0.15) is 0 Å². The van der Waals surface area contributed by atoms with Crippen LogP contribution < -0.4 is 5.32 Å². The molecular weight excluding hydrogens is 234 g/mol. The highest BCUT2D eigenvalue weighted by Crippen LogP contribution is 2.25. The second kappa shape index (κ2) is 4.54. The Bertz CT molecular complexity index is 413. The maximum Gasteiger partial charge on any atom is 0.345 e. The van der Waals surface area contributed by atoms with Gasteiger partial charge in [-0.25, -0.2) is 4.98 Å². The molecule has 1 aliphatic heterocycles. The number of nitrogens with zero attached hydrogens (tertiary/aromatic N) is 2. The highest BCUT2D eigenvalue weighted by molar-refractivity contribution is 7.18. The van der Waals surface area contributed by atoms with Crippen LogP contribution in [0.3, 0.4) is 0 Å². The van der Waals surface area contributed by atoms with Gasteiger partial charge < -0.3 is 4.74 Å². The monoisotopic (exact) mass is 243 g/mol. The Morgan fingerprint density at radius 2 is 2.56 bits per heavy atom. The van der Waals surface area contributed by atoms with Crippen LogP contribution in [0.4, 0.5) is 10.1 Å². The number of nitro groups is 1. The predicted molar refractivity (Wildman–Crippen MR) is 56.4 cm³/mol. The van der Waals surface area contributed by atoms with E-state index in [2.05, 4.69) is 10.3 Å². The van der Waals surface area contributed by atoms with Gasteiger partial charge in [-0.05, 0) is 24.2 Å². The van der Waals surface area contributed by atoms with Crippen LogP contribution in [0.1, 0.15) is 12.8 Å². The summed E-state index contributed by atoms with van der Waals surface area (Å²) in [6.45, 7) is 0.579.